The Hall–Kier alpha value is -3.39. The van der Waals surface area contributed by atoms with Crippen molar-refractivity contribution in [2.24, 2.45) is 0 Å². The van der Waals surface area contributed by atoms with Gasteiger partial charge in [-0.25, -0.2) is 9.37 Å². The summed E-state index contributed by atoms with van der Waals surface area (Å²) in [5.41, 5.74) is 4.97. The molecule has 0 bridgehead atoms. The quantitative estimate of drug-likeness (QED) is 0.513. The zero-order chi connectivity index (χ0) is 20.9. The fourth-order valence-electron chi connectivity index (χ4n) is 3.75. The number of ether oxygens (including phenoxy) is 2. The average Bonchev–Trinajstić information content (AvgIpc) is 3.10. The Kier molecular flexibility index (Phi) is 4.25. The molecule has 4 aromatic heterocycles. The van der Waals surface area contributed by atoms with Crippen molar-refractivity contribution >= 4 is 11.0 Å². The van der Waals surface area contributed by atoms with Crippen molar-refractivity contribution in [3.63, 3.8) is 0 Å². The molecule has 0 saturated heterocycles. The van der Waals surface area contributed by atoms with Crippen molar-refractivity contribution in [3.05, 3.63) is 54.2 Å². The standard InChI is InChI=1S/C22H20FN5O2/c1-22(2)12-28-17(11-30-22)19(21(27-28)16-5-4-13(23)10-25-16)14-8-9-24-15-6-7-18(29-3)26-20(14)15/h4-10H,11-12H2,1-3H3. The number of halogens is 1. The third-order valence-electron chi connectivity index (χ3n) is 5.19. The van der Waals surface area contributed by atoms with Gasteiger partial charge in [-0.3, -0.25) is 14.6 Å². The number of fused-ring (bicyclic) bond motifs is 2. The van der Waals surface area contributed by atoms with Gasteiger partial charge in [0.05, 0.1) is 49.0 Å². The van der Waals surface area contributed by atoms with Gasteiger partial charge in [0, 0.05) is 23.4 Å². The van der Waals surface area contributed by atoms with E-state index < -0.39 is 5.82 Å². The Morgan fingerprint density at radius 2 is 2.00 bits per heavy atom. The van der Waals surface area contributed by atoms with Crippen molar-refractivity contribution in [2.45, 2.75) is 32.6 Å². The molecule has 0 aliphatic carbocycles. The maximum atomic E-state index is 13.5. The van der Waals surface area contributed by atoms with Crippen molar-refractivity contribution in [1.29, 1.82) is 0 Å². The molecular formula is C22H20FN5O2. The highest BCUT2D eigenvalue weighted by atomic mass is 19.1. The number of pyridine rings is 3. The molecule has 0 unspecified atom stereocenters. The van der Waals surface area contributed by atoms with Gasteiger partial charge in [0.1, 0.15) is 17.0 Å². The predicted molar refractivity (Wildman–Crippen MR) is 109 cm³/mol. The Morgan fingerprint density at radius 1 is 1.13 bits per heavy atom. The third-order valence-corrected chi connectivity index (χ3v) is 5.19. The van der Waals surface area contributed by atoms with Gasteiger partial charge < -0.3 is 9.47 Å². The van der Waals surface area contributed by atoms with Crippen LogP contribution in [0.2, 0.25) is 0 Å². The van der Waals surface area contributed by atoms with Gasteiger partial charge in [0.2, 0.25) is 5.88 Å². The van der Waals surface area contributed by atoms with Crippen LogP contribution in [0.1, 0.15) is 19.5 Å². The summed E-state index contributed by atoms with van der Waals surface area (Å²) in [6.45, 7) is 5.04. The van der Waals surface area contributed by atoms with E-state index in [0.717, 1.165) is 22.3 Å². The highest BCUT2D eigenvalue weighted by Crippen LogP contribution is 2.40. The van der Waals surface area contributed by atoms with Crippen LogP contribution in [0, 0.1) is 5.82 Å². The van der Waals surface area contributed by atoms with Gasteiger partial charge in [-0.15, -0.1) is 0 Å². The molecule has 0 aromatic carbocycles. The van der Waals surface area contributed by atoms with Crippen molar-refractivity contribution in [3.8, 4) is 28.4 Å². The summed E-state index contributed by atoms with van der Waals surface area (Å²) in [6.07, 6.45) is 2.94. The van der Waals surface area contributed by atoms with E-state index in [2.05, 4.69) is 15.0 Å². The number of hydrogen-bond donors (Lipinski definition) is 0. The van der Waals surface area contributed by atoms with Crippen LogP contribution < -0.4 is 4.74 Å². The second-order valence-electron chi connectivity index (χ2n) is 7.82. The minimum Gasteiger partial charge on any atom is -0.481 e. The molecule has 0 spiro atoms. The van der Waals surface area contributed by atoms with Gasteiger partial charge in [-0.05, 0) is 38.1 Å². The molecule has 5 heterocycles. The van der Waals surface area contributed by atoms with E-state index >= 15 is 0 Å². The van der Waals surface area contributed by atoms with Crippen LogP contribution in [0.3, 0.4) is 0 Å². The zero-order valence-corrected chi connectivity index (χ0v) is 16.9. The largest absolute Gasteiger partial charge is 0.481 e. The Bertz CT molecular complexity index is 1250. The van der Waals surface area contributed by atoms with Gasteiger partial charge in [-0.1, -0.05) is 0 Å². The summed E-state index contributed by atoms with van der Waals surface area (Å²) in [4.78, 5) is 13.3. The number of hydrogen-bond acceptors (Lipinski definition) is 6. The predicted octanol–water partition coefficient (Wildman–Crippen LogP) is 4.01. The lowest BCUT2D eigenvalue weighted by molar-refractivity contribution is -0.0657. The number of nitrogens with zero attached hydrogens (tertiary/aromatic N) is 5. The Morgan fingerprint density at radius 3 is 2.77 bits per heavy atom. The summed E-state index contributed by atoms with van der Waals surface area (Å²) in [6, 6.07) is 8.57. The van der Waals surface area contributed by atoms with Crippen LogP contribution in [0.4, 0.5) is 4.39 Å². The summed E-state index contributed by atoms with van der Waals surface area (Å²) < 4.78 is 26.9. The molecule has 0 atom stereocenters. The van der Waals surface area contributed by atoms with Crippen molar-refractivity contribution in [1.82, 2.24) is 24.7 Å². The first-order valence-corrected chi connectivity index (χ1v) is 9.61. The smallest absolute Gasteiger partial charge is 0.213 e. The first kappa shape index (κ1) is 18.6. The molecule has 0 amide bonds. The lowest BCUT2D eigenvalue weighted by atomic mass is 9.99. The normalized spacial score (nSPS) is 15.2. The zero-order valence-electron chi connectivity index (χ0n) is 16.9. The van der Waals surface area contributed by atoms with Crippen LogP contribution in [0.15, 0.2) is 42.7 Å². The summed E-state index contributed by atoms with van der Waals surface area (Å²) in [5.74, 6) is 0.103. The summed E-state index contributed by atoms with van der Waals surface area (Å²) >= 11 is 0. The van der Waals surface area contributed by atoms with Crippen LogP contribution in [0.25, 0.3) is 33.5 Å². The fourth-order valence-corrected chi connectivity index (χ4v) is 3.75. The molecular weight excluding hydrogens is 385 g/mol. The summed E-state index contributed by atoms with van der Waals surface area (Å²) in [7, 11) is 1.58. The van der Waals surface area contributed by atoms with Gasteiger partial charge >= 0.3 is 0 Å². The fraction of sp³-hybridized carbons (Fsp3) is 0.273. The van der Waals surface area contributed by atoms with E-state index in [9.17, 15) is 4.39 Å². The Labute approximate surface area is 172 Å². The van der Waals surface area contributed by atoms with Gasteiger partial charge in [0.25, 0.3) is 0 Å². The number of rotatable bonds is 3. The summed E-state index contributed by atoms with van der Waals surface area (Å²) in [5, 5.41) is 4.84. The molecule has 0 fully saturated rings. The molecule has 0 radical (unpaired) electrons. The molecule has 1 aliphatic rings. The first-order valence-electron chi connectivity index (χ1n) is 9.61. The molecule has 7 nitrogen and oxygen atoms in total. The molecule has 0 N–H and O–H groups in total. The van der Waals surface area contributed by atoms with Crippen LogP contribution in [-0.4, -0.2) is 37.4 Å². The molecule has 152 valence electrons. The van der Waals surface area contributed by atoms with E-state index in [0.29, 0.717) is 35.9 Å². The van der Waals surface area contributed by atoms with Crippen molar-refractivity contribution < 1.29 is 13.9 Å². The minimum atomic E-state index is -0.394. The SMILES string of the molecule is COc1ccc2nccc(-c3c(-c4ccc(F)cn4)nn4c3COC(C)(C)C4)c2n1. The van der Waals surface area contributed by atoms with E-state index in [1.807, 2.05) is 30.7 Å². The second-order valence-corrected chi connectivity index (χ2v) is 7.82. The van der Waals surface area contributed by atoms with Crippen LogP contribution in [0.5, 0.6) is 5.88 Å². The van der Waals surface area contributed by atoms with Gasteiger partial charge in [0.15, 0.2) is 0 Å². The van der Waals surface area contributed by atoms with E-state index in [-0.39, 0.29) is 5.60 Å². The monoisotopic (exact) mass is 405 g/mol. The number of methoxy groups -OCH3 is 1. The van der Waals surface area contributed by atoms with E-state index in [1.165, 1.54) is 12.3 Å². The maximum Gasteiger partial charge on any atom is 0.213 e. The molecule has 0 saturated carbocycles. The van der Waals surface area contributed by atoms with Crippen molar-refractivity contribution in [2.75, 3.05) is 7.11 Å². The molecule has 4 aromatic rings. The lowest BCUT2D eigenvalue weighted by Gasteiger charge is -2.31. The Balaban J connectivity index is 1.80. The lowest BCUT2D eigenvalue weighted by Crippen LogP contribution is -2.36. The highest BCUT2D eigenvalue weighted by Gasteiger charge is 2.32. The van der Waals surface area contributed by atoms with Gasteiger partial charge in [-0.2, -0.15) is 5.10 Å². The molecule has 5 rings (SSSR count). The third kappa shape index (κ3) is 3.09. The average molecular weight is 405 g/mol. The number of aromatic nitrogens is 5. The van der Waals surface area contributed by atoms with Crippen LogP contribution >= 0.6 is 0 Å². The van der Waals surface area contributed by atoms with E-state index in [1.54, 1.807) is 25.4 Å². The van der Waals surface area contributed by atoms with E-state index in [4.69, 9.17) is 14.6 Å². The molecule has 30 heavy (non-hydrogen) atoms. The second kappa shape index (κ2) is 6.84. The topological polar surface area (TPSA) is 75.0 Å². The minimum absolute atomic E-state index is 0.342. The molecule has 8 heteroatoms. The first-order chi connectivity index (χ1) is 14.4. The van der Waals surface area contributed by atoms with Crippen LogP contribution in [-0.2, 0) is 17.9 Å². The maximum absolute atomic E-state index is 13.5. The highest BCUT2D eigenvalue weighted by molar-refractivity contribution is 5.96. The molecule has 1 aliphatic heterocycles.